The van der Waals surface area contributed by atoms with Crippen molar-refractivity contribution in [2.45, 2.75) is 40.2 Å². The van der Waals surface area contributed by atoms with Crippen LogP contribution in [-0.2, 0) is 0 Å². The van der Waals surface area contributed by atoms with E-state index in [1.165, 1.54) is 0 Å². The topological polar surface area (TPSA) is 58.4 Å². The minimum Gasteiger partial charge on any atom is -0.304 e. The lowest BCUT2D eigenvalue weighted by molar-refractivity contribution is -0.544. The van der Waals surface area contributed by atoms with Crippen molar-refractivity contribution < 1.29 is 5.03 Å². The van der Waals surface area contributed by atoms with E-state index in [1.54, 1.807) is 0 Å². The Bertz CT molecular complexity index is 140. The highest BCUT2D eigenvalue weighted by Gasteiger charge is 2.02. The van der Waals surface area contributed by atoms with Crippen molar-refractivity contribution in [1.29, 1.82) is 0 Å². The van der Waals surface area contributed by atoms with Crippen LogP contribution in [0.5, 0.6) is 0 Å². The summed E-state index contributed by atoms with van der Waals surface area (Å²) in [6, 6.07) is 0.501. The highest BCUT2D eigenvalue weighted by Crippen LogP contribution is 1.93. The molecule has 0 aliphatic rings. The maximum absolute atomic E-state index is 9.86. The molecule has 0 saturated heterocycles. The van der Waals surface area contributed by atoms with E-state index in [0.29, 0.717) is 12.6 Å². The summed E-state index contributed by atoms with van der Waals surface area (Å²) in [6.45, 7) is 9.52. The first kappa shape index (κ1) is 15.6. The van der Waals surface area contributed by atoms with Gasteiger partial charge in [0.15, 0.2) is 5.03 Å². The number of hydrazine groups is 1. The van der Waals surface area contributed by atoms with E-state index in [4.69, 9.17) is 0 Å². The Balaban J connectivity index is 0. The van der Waals surface area contributed by atoms with Gasteiger partial charge in [0.1, 0.15) is 0 Å². The van der Waals surface area contributed by atoms with E-state index in [0.717, 1.165) is 13.0 Å². The predicted molar refractivity (Wildman–Crippen MR) is 58.7 cm³/mol. The van der Waals surface area contributed by atoms with Gasteiger partial charge in [-0.25, -0.2) is 10.1 Å². The van der Waals surface area contributed by atoms with Crippen LogP contribution in [0.25, 0.3) is 0 Å². The van der Waals surface area contributed by atoms with Crippen molar-refractivity contribution in [2.24, 2.45) is 0 Å². The SMILES string of the molecule is CC.CC(C)N(C)CCCN[N+](=O)[O-]. The standard InChI is InChI=1S/C7H17N3O2.C2H6/c1-7(2)9(3)6-4-5-8-10(11)12;1-2/h7-8H,4-6H2,1-3H3;1-2H3. The molecule has 0 fully saturated rings. The number of hydrogen-bond donors (Lipinski definition) is 1. The minimum absolute atomic E-state index is 0.435. The van der Waals surface area contributed by atoms with Crippen LogP contribution >= 0.6 is 0 Å². The van der Waals surface area contributed by atoms with Crippen LogP contribution < -0.4 is 5.43 Å². The molecule has 1 N–H and O–H groups in total. The van der Waals surface area contributed by atoms with Gasteiger partial charge in [-0.15, -0.1) is 5.43 Å². The smallest absolute Gasteiger partial charge is 0.157 e. The summed E-state index contributed by atoms with van der Waals surface area (Å²) in [5.41, 5.74) is 2.14. The first-order valence-electron chi connectivity index (χ1n) is 5.12. The summed E-state index contributed by atoms with van der Waals surface area (Å²) in [7, 11) is 2.01. The number of nitrogens with zero attached hydrogens (tertiary/aromatic N) is 2. The van der Waals surface area contributed by atoms with Crippen molar-refractivity contribution in [1.82, 2.24) is 10.3 Å². The van der Waals surface area contributed by atoms with E-state index in [-0.39, 0.29) is 0 Å². The van der Waals surface area contributed by atoms with Crippen LogP contribution in [0, 0.1) is 10.1 Å². The van der Waals surface area contributed by atoms with Crippen LogP contribution in [0.15, 0.2) is 0 Å². The first-order valence-corrected chi connectivity index (χ1v) is 5.12. The zero-order valence-corrected chi connectivity index (χ0v) is 9.91. The third-order valence-electron chi connectivity index (χ3n) is 1.81. The highest BCUT2D eigenvalue weighted by atomic mass is 16.7. The quantitative estimate of drug-likeness (QED) is 0.406. The van der Waals surface area contributed by atoms with E-state index >= 15 is 0 Å². The lowest BCUT2D eigenvalue weighted by atomic mass is 10.3. The average molecular weight is 205 g/mol. The number of nitrogens with one attached hydrogen (secondary N) is 1. The van der Waals surface area contributed by atoms with Crippen molar-refractivity contribution in [2.75, 3.05) is 20.1 Å². The molecule has 0 aromatic rings. The Kier molecular flexibility index (Phi) is 11.4. The Hall–Kier alpha value is -0.840. The van der Waals surface area contributed by atoms with Gasteiger partial charge in [0.05, 0.1) is 6.54 Å². The lowest BCUT2D eigenvalue weighted by Crippen LogP contribution is -2.30. The van der Waals surface area contributed by atoms with Gasteiger partial charge in [-0.1, -0.05) is 13.8 Å². The molecule has 0 aromatic carbocycles. The summed E-state index contributed by atoms with van der Waals surface area (Å²) in [5, 5.41) is 9.35. The normalized spacial score (nSPS) is 9.64. The minimum atomic E-state index is -0.505. The molecule has 0 atom stereocenters. The van der Waals surface area contributed by atoms with Gasteiger partial charge in [-0.3, -0.25) is 0 Å². The van der Waals surface area contributed by atoms with Gasteiger partial charge in [0.25, 0.3) is 0 Å². The van der Waals surface area contributed by atoms with Crippen LogP contribution in [0.2, 0.25) is 0 Å². The zero-order valence-electron chi connectivity index (χ0n) is 9.91. The third-order valence-corrected chi connectivity index (χ3v) is 1.81. The number of hydrogen-bond acceptors (Lipinski definition) is 3. The molecule has 0 aromatic heterocycles. The molecule has 0 heterocycles. The fraction of sp³-hybridized carbons (Fsp3) is 1.00. The maximum atomic E-state index is 9.86. The predicted octanol–water partition coefficient (Wildman–Crippen LogP) is 1.52. The van der Waals surface area contributed by atoms with Crippen LogP contribution in [-0.4, -0.2) is 36.1 Å². The molecule has 0 radical (unpaired) electrons. The van der Waals surface area contributed by atoms with Crippen molar-refractivity contribution in [3.05, 3.63) is 10.1 Å². The molecular weight excluding hydrogens is 182 g/mol. The Morgan fingerprint density at radius 2 is 1.93 bits per heavy atom. The second kappa shape index (κ2) is 10.2. The average Bonchev–Trinajstić information content (AvgIpc) is 2.15. The van der Waals surface area contributed by atoms with Crippen molar-refractivity contribution in [3.63, 3.8) is 0 Å². The summed E-state index contributed by atoms with van der Waals surface area (Å²) in [5.74, 6) is 0. The maximum Gasteiger partial charge on any atom is 0.157 e. The van der Waals surface area contributed by atoms with Crippen molar-refractivity contribution >= 4 is 0 Å². The van der Waals surface area contributed by atoms with Crippen LogP contribution in [0.3, 0.4) is 0 Å². The van der Waals surface area contributed by atoms with E-state index in [9.17, 15) is 10.1 Å². The number of nitro groups is 1. The summed E-state index contributed by atoms with van der Waals surface area (Å²) >= 11 is 0. The summed E-state index contributed by atoms with van der Waals surface area (Å²) in [6.07, 6.45) is 0.801. The molecule has 5 heteroatoms. The van der Waals surface area contributed by atoms with Gasteiger partial charge >= 0.3 is 0 Å². The largest absolute Gasteiger partial charge is 0.304 e. The molecular formula is C9H23N3O2. The molecule has 0 saturated carbocycles. The molecule has 0 spiro atoms. The summed E-state index contributed by atoms with van der Waals surface area (Å²) < 4.78 is 0. The molecule has 0 amide bonds. The Morgan fingerprint density at radius 3 is 2.29 bits per heavy atom. The van der Waals surface area contributed by atoms with Gasteiger partial charge in [-0.2, -0.15) is 0 Å². The lowest BCUT2D eigenvalue weighted by Gasteiger charge is -2.20. The molecule has 0 aliphatic carbocycles. The van der Waals surface area contributed by atoms with E-state index in [2.05, 4.69) is 24.2 Å². The van der Waals surface area contributed by atoms with E-state index < -0.39 is 5.03 Å². The third kappa shape index (κ3) is 11.2. The summed E-state index contributed by atoms with van der Waals surface area (Å²) in [4.78, 5) is 12.0. The Labute approximate surface area is 86.6 Å². The van der Waals surface area contributed by atoms with Gasteiger partial charge in [-0.05, 0) is 33.9 Å². The second-order valence-corrected chi connectivity index (χ2v) is 3.09. The van der Waals surface area contributed by atoms with E-state index in [1.807, 2.05) is 20.9 Å². The molecule has 0 rings (SSSR count). The fourth-order valence-corrected chi connectivity index (χ4v) is 0.757. The Morgan fingerprint density at radius 1 is 1.43 bits per heavy atom. The second-order valence-electron chi connectivity index (χ2n) is 3.09. The molecule has 14 heavy (non-hydrogen) atoms. The molecule has 0 bridgehead atoms. The van der Waals surface area contributed by atoms with Crippen LogP contribution in [0.1, 0.15) is 34.1 Å². The highest BCUT2D eigenvalue weighted by molar-refractivity contribution is 4.56. The number of rotatable bonds is 6. The van der Waals surface area contributed by atoms with Crippen LogP contribution in [0.4, 0.5) is 0 Å². The monoisotopic (exact) mass is 205 g/mol. The molecule has 0 unspecified atom stereocenters. The molecule has 5 nitrogen and oxygen atoms in total. The molecule has 0 aliphatic heterocycles. The van der Waals surface area contributed by atoms with Gasteiger partial charge in [0, 0.05) is 6.04 Å². The first-order chi connectivity index (χ1) is 6.54. The van der Waals surface area contributed by atoms with Gasteiger partial charge < -0.3 is 4.90 Å². The fourth-order valence-electron chi connectivity index (χ4n) is 0.757. The molecule has 86 valence electrons. The van der Waals surface area contributed by atoms with Gasteiger partial charge in [0.2, 0.25) is 0 Å². The van der Waals surface area contributed by atoms with Crippen molar-refractivity contribution in [3.8, 4) is 0 Å². The zero-order chi connectivity index (χ0) is 11.6.